The number of hydrogen-bond acceptors (Lipinski definition) is 3. The van der Waals surface area contributed by atoms with Gasteiger partial charge < -0.3 is 14.9 Å². The number of aliphatic carboxylic acids is 1. The van der Waals surface area contributed by atoms with Crippen LogP contribution < -0.4 is 0 Å². The zero-order valence-corrected chi connectivity index (χ0v) is 19.0. The standard InChI is InChI=1S/C30H24N2O3/c33-29(34)28(20-22-21-31-27-19-11-10-18-26(22)27)32-35-30(23-12-4-1-5-13-23,24-14-6-2-7-15-24)25-16-8-3-9-17-25/h1-19,21,31H,20H2,(H,33,34)/b32-28+. The van der Waals surface area contributed by atoms with Crippen molar-refractivity contribution in [1.29, 1.82) is 0 Å². The maximum Gasteiger partial charge on any atom is 0.354 e. The molecular weight excluding hydrogens is 436 g/mol. The first-order valence-electron chi connectivity index (χ1n) is 11.4. The Hall–Kier alpha value is -4.64. The Bertz CT molecular complexity index is 1360. The molecule has 1 heterocycles. The number of oxime groups is 1. The molecule has 35 heavy (non-hydrogen) atoms. The van der Waals surface area contributed by atoms with Crippen LogP contribution >= 0.6 is 0 Å². The summed E-state index contributed by atoms with van der Waals surface area (Å²) >= 11 is 0. The molecule has 0 aliphatic carbocycles. The highest BCUT2D eigenvalue weighted by Crippen LogP contribution is 2.40. The summed E-state index contributed by atoms with van der Waals surface area (Å²) in [5.74, 6) is -1.13. The zero-order chi connectivity index (χ0) is 24.1. The van der Waals surface area contributed by atoms with Crippen molar-refractivity contribution >= 4 is 22.6 Å². The van der Waals surface area contributed by atoms with Crippen LogP contribution in [0.15, 0.2) is 127 Å². The number of carboxylic acid groups (broad SMARTS) is 1. The third kappa shape index (κ3) is 4.32. The molecule has 0 unspecified atom stereocenters. The number of H-pyrrole nitrogens is 1. The van der Waals surface area contributed by atoms with Crippen LogP contribution in [0, 0.1) is 0 Å². The van der Waals surface area contributed by atoms with Crippen molar-refractivity contribution in [2.45, 2.75) is 12.0 Å². The summed E-state index contributed by atoms with van der Waals surface area (Å²) < 4.78 is 0. The second-order valence-electron chi connectivity index (χ2n) is 8.25. The summed E-state index contributed by atoms with van der Waals surface area (Å²) in [6.07, 6.45) is 1.94. The van der Waals surface area contributed by atoms with E-state index in [0.717, 1.165) is 33.2 Å². The highest BCUT2D eigenvalue weighted by atomic mass is 16.7. The monoisotopic (exact) mass is 460 g/mol. The lowest BCUT2D eigenvalue weighted by molar-refractivity contribution is -0.129. The number of fused-ring (bicyclic) bond motifs is 1. The van der Waals surface area contributed by atoms with Crippen molar-refractivity contribution < 1.29 is 14.7 Å². The Morgan fingerprint density at radius 2 is 1.23 bits per heavy atom. The third-order valence-corrected chi connectivity index (χ3v) is 6.11. The Kier molecular flexibility index (Phi) is 6.14. The number of para-hydroxylation sites is 1. The normalized spacial score (nSPS) is 11.9. The maximum absolute atomic E-state index is 12.3. The van der Waals surface area contributed by atoms with E-state index in [4.69, 9.17) is 4.84 Å². The van der Waals surface area contributed by atoms with Crippen LogP contribution in [0.2, 0.25) is 0 Å². The van der Waals surface area contributed by atoms with Crippen LogP contribution in [-0.4, -0.2) is 21.8 Å². The SMILES string of the molecule is O=C(O)/C(Cc1c[nH]c2ccccc12)=N/OC(c1ccccc1)(c1ccccc1)c1ccccc1. The molecule has 0 saturated heterocycles. The van der Waals surface area contributed by atoms with Crippen molar-refractivity contribution in [1.82, 2.24) is 4.98 Å². The van der Waals surface area contributed by atoms with Gasteiger partial charge in [0.05, 0.1) is 0 Å². The molecule has 5 heteroatoms. The van der Waals surface area contributed by atoms with E-state index in [1.807, 2.05) is 121 Å². The van der Waals surface area contributed by atoms with E-state index in [0.29, 0.717) is 0 Å². The molecule has 0 fully saturated rings. The average Bonchev–Trinajstić information content (AvgIpc) is 3.33. The summed E-state index contributed by atoms with van der Waals surface area (Å²) in [6, 6.07) is 37.0. The molecule has 0 bridgehead atoms. The zero-order valence-electron chi connectivity index (χ0n) is 19.0. The predicted octanol–water partition coefficient (Wildman–Crippen LogP) is 6.16. The smallest absolute Gasteiger partial charge is 0.354 e. The summed E-state index contributed by atoms with van der Waals surface area (Å²) in [5, 5.41) is 15.3. The highest BCUT2D eigenvalue weighted by molar-refractivity contribution is 6.36. The molecule has 4 aromatic carbocycles. The predicted molar refractivity (Wildman–Crippen MR) is 137 cm³/mol. The number of aromatic nitrogens is 1. The number of carboxylic acids is 1. The second-order valence-corrected chi connectivity index (χ2v) is 8.25. The fourth-order valence-corrected chi connectivity index (χ4v) is 4.41. The first-order valence-corrected chi connectivity index (χ1v) is 11.4. The van der Waals surface area contributed by atoms with Gasteiger partial charge in [-0.2, -0.15) is 0 Å². The molecule has 0 amide bonds. The minimum absolute atomic E-state index is 0.0816. The molecule has 172 valence electrons. The first-order chi connectivity index (χ1) is 17.2. The van der Waals surface area contributed by atoms with Gasteiger partial charge in [0.25, 0.3) is 0 Å². The van der Waals surface area contributed by atoms with E-state index in [1.165, 1.54) is 0 Å². The fourth-order valence-electron chi connectivity index (χ4n) is 4.41. The fraction of sp³-hybridized carbons (Fsp3) is 0.0667. The molecule has 0 aliphatic heterocycles. The quantitative estimate of drug-likeness (QED) is 0.165. The van der Waals surface area contributed by atoms with Crippen LogP contribution in [0.4, 0.5) is 0 Å². The minimum Gasteiger partial charge on any atom is -0.477 e. The Morgan fingerprint density at radius 1 is 0.743 bits per heavy atom. The van der Waals surface area contributed by atoms with Crippen molar-refractivity contribution in [3.05, 3.63) is 144 Å². The molecule has 0 saturated carbocycles. The lowest BCUT2D eigenvalue weighted by Gasteiger charge is -2.33. The molecule has 0 spiro atoms. The molecule has 0 radical (unpaired) electrons. The van der Waals surface area contributed by atoms with Crippen LogP contribution in [0.25, 0.3) is 10.9 Å². The Morgan fingerprint density at radius 3 is 1.74 bits per heavy atom. The van der Waals surface area contributed by atoms with E-state index in [1.54, 1.807) is 0 Å². The van der Waals surface area contributed by atoms with Gasteiger partial charge in [0.2, 0.25) is 5.60 Å². The number of aromatic amines is 1. The van der Waals surface area contributed by atoms with E-state index in [2.05, 4.69) is 10.1 Å². The van der Waals surface area contributed by atoms with Crippen LogP contribution in [0.5, 0.6) is 0 Å². The topological polar surface area (TPSA) is 74.7 Å². The molecule has 2 N–H and O–H groups in total. The second kappa shape index (κ2) is 9.69. The van der Waals surface area contributed by atoms with Gasteiger partial charge in [0.1, 0.15) is 0 Å². The van der Waals surface area contributed by atoms with E-state index in [-0.39, 0.29) is 12.1 Å². The van der Waals surface area contributed by atoms with E-state index in [9.17, 15) is 9.90 Å². The highest BCUT2D eigenvalue weighted by Gasteiger charge is 2.40. The number of carbonyl (C=O) groups is 1. The Labute approximate surface area is 203 Å². The van der Waals surface area contributed by atoms with Gasteiger partial charge in [0, 0.05) is 40.2 Å². The van der Waals surface area contributed by atoms with Gasteiger partial charge in [-0.3, -0.25) is 0 Å². The summed E-state index contributed by atoms with van der Waals surface area (Å²) in [6.45, 7) is 0. The lowest BCUT2D eigenvalue weighted by atomic mass is 9.80. The maximum atomic E-state index is 12.3. The number of nitrogens with zero attached hydrogens (tertiary/aromatic N) is 1. The van der Waals surface area contributed by atoms with E-state index < -0.39 is 11.6 Å². The first kappa shape index (κ1) is 22.2. The van der Waals surface area contributed by atoms with Gasteiger partial charge in [-0.05, 0) is 11.6 Å². The van der Waals surface area contributed by atoms with Gasteiger partial charge in [-0.25, -0.2) is 4.79 Å². The molecule has 1 aromatic heterocycles. The van der Waals surface area contributed by atoms with Crippen LogP contribution in [-0.2, 0) is 21.7 Å². The van der Waals surface area contributed by atoms with Crippen molar-refractivity contribution in [3.63, 3.8) is 0 Å². The Balaban J connectivity index is 1.64. The van der Waals surface area contributed by atoms with Gasteiger partial charge in [-0.1, -0.05) is 114 Å². The number of hydrogen-bond donors (Lipinski definition) is 2. The summed E-state index contributed by atoms with van der Waals surface area (Å²) in [5.41, 5.74) is 3.11. The third-order valence-electron chi connectivity index (χ3n) is 6.11. The molecule has 5 rings (SSSR count). The molecule has 0 aliphatic rings. The van der Waals surface area contributed by atoms with Crippen molar-refractivity contribution in [2.24, 2.45) is 5.16 Å². The molecular formula is C30H24N2O3. The van der Waals surface area contributed by atoms with Crippen LogP contribution in [0.1, 0.15) is 22.3 Å². The molecule has 5 nitrogen and oxygen atoms in total. The summed E-state index contributed by atoms with van der Waals surface area (Å²) in [4.78, 5) is 21.8. The molecule has 5 aromatic rings. The van der Waals surface area contributed by atoms with Gasteiger partial charge >= 0.3 is 5.97 Å². The van der Waals surface area contributed by atoms with Gasteiger partial charge in [-0.15, -0.1) is 0 Å². The van der Waals surface area contributed by atoms with Crippen molar-refractivity contribution in [2.75, 3.05) is 0 Å². The lowest BCUT2D eigenvalue weighted by Crippen LogP contribution is -2.32. The molecule has 0 atom stereocenters. The number of benzene rings is 4. The van der Waals surface area contributed by atoms with E-state index >= 15 is 0 Å². The minimum atomic E-state index is -1.13. The summed E-state index contributed by atoms with van der Waals surface area (Å²) in [7, 11) is 0. The largest absolute Gasteiger partial charge is 0.477 e. The van der Waals surface area contributed by atoms with Gasteiger partial charge in [0.15, 0.2) is 5.71 Å². The number of nitrogens with one attached hydrogen (secondary N) is 1. The number of rotatable bonds is 8. The van der Waals surface area contributed by atoms with Crippen LogP contribution in [0.3, 0.4) is 0 Å². The average molecular weight is 461 g/mol. The van der Waals surface area contributed by atoms with Crippen molar-refractivity contribution in [3.8, 4) is 0 Å².